The monoisotopic (exact) mass is 204 g/mol. The SMILES string of the molecule is COC(=O)[C@@H]1C[C@H]1c1ccc(C)cc1C. The Kier molecular flexibility index (Phi) is 2.51. The second-order valence-electron chi connectivity index (χ2n) is 4.33. The number of rotatable bonds is 2. The van der Waals surface area contributed by atoms with Crippen LogP contribution in [0.25, 0.3) is 0 Å². The number of hydrogen-bond acceptors (Lipinski definition) is 2. The average Bonchev–Trinajstić information content (AvgIpc) is 2.96. The molecule has 0 radical (unpaired) electrons. The maximum atomic E-state index is 11.3. The van der Waals surface area contributed by atoms with Crippen LogP contribution in [0.5, 0.6) is 0 Å². The Balaban J connectivity index is 2.16. The van der Waals surface area contributed by atoms with Crippen molar-refractivity contribution in [3.05, 3.63) is 34.9 Å². The van der Waals surface area contributed by atoms with Gasteiger partial charge in [-0.05, 0) is 37.3 Å². The van der Waals surface area contributed by atoms with Gasteiger partial charge in [-0.3, -0.25) is 4.79 Å². The van der Waals surface area contributed by atoms with Crippen molar-refractivity contribution in [3.63, 3.8) is 0 Å². The minimum absolute atomic E-state index is 0.0695. The Bertz CT molecular complexity index is 396. The lowest BCUT2D eigenvalue weighted by atomic mass is 10.0. The molecular formula is C13H16O2. The standard InChI is InChI=1S/C13H16O2/c1-8-4-5-10(9(2)6-8)11-7-12(11)13(14)15-3/h4-6,11-12H,7H2,1-3H3/t11-,12+/m0/s1. The van der Waals surface area contributed by atoms with E-state index in [0.29, 0.717) is 5.92 Å². The van der Waals surface area contributed by atoms with E-state index >= 15 is 0 Å². The van der Waals surface area contributed by atoms with Crippen molar-refractivity contribution in [1.82, 2.24) is 0 Å². The van der Waals surface area contributed by atoms with Crippen LogP contribution in [0.4, 0.5) is 0 Å². The minimum atomic E-state index is -0.0695. The summed E-state index contributed by atoms with van der Waals surface area (Å²) < 4.78 is 4.75. The molecule has 0 amide bonds. The molecule has 0 aliphatic heterocycles. The van der Waals surface area contributed by atoms with Gasteiger partial charge < -0.3 is 4.74 Å². The number of benzene rings is 1. The van der Waals surface area contributed by atoms with Crippen LogP contribution in [0.15, 0.2) is 18.2 Å². The number of methoxy groups -OCH3 is 1. The molecule has 1 aliphatic rings. The van der Waals surface area contributed by atoms with Gasteiger partial charge in [0.2, 0.25) is 0 Å². The summed E-state index contributed by atoms with van der Waals surface area (Å²) in [4.78, 5) is 11.3. The Hall–Kier alpha value is -1.31. The number of esters is 1. The van der Waals surface area contributed by atoms with Crippen molar-refractivity contribution in [1.29, 1.82) is 0 Å². The largest absolute Gasteiger partial charge is 0.469 e. The van der Waals surface area contributed by atoms with Crippen LogP contribution < -0.4 is 0 Å². The zero-order chi connectivity index (χ0) is 11.0. The summed E-state index contributed by atoms with van der Waals surface area (Å²) in [6.45, 7) is 4.19. The number of hydrogen-bond donors (Lipinski definition) is 0. The highest BCUT2D eigenvalue weighted by Crippen LogP contribution is 2.49. The summed E-state index contributed by atoms with van der Waals surface area (Å²) in [5.74, 6) is 0.412. The quantitative estimate of drug-likeness (QED) is 0.692. The van der Waals surface area contributed by atoms with Crippen LogP contribution in [0.3, 0.4) is 0 Å². The van der Waals surface area contributed by atoms with Gasteiger partial charge in [-0.2, -0.15) is 0 Å². The van der Waals surface area contributed by atoms with Gasteiger partial charge in [0.05, 0.1) is 13.0 Å². The first-order chi connectivity index (χ1) is 7.13. The van der Waals surface area contributed by atoms with Crippen molar-refractivity contribution >= 4 is 5.97 Å². The fourth-order valence-electron chi connectivity index (χ4n) is 2.19. The van der Waals surface area contributed by atoms with Crippen molar-refractivity contribution in [2.24, 2.45) is 5.92 Å². The van der Waals surface area contributed by atoms with Crippen molar-refractivity contribution in [3.8, 4) is 0 Å². The molecule has 1 saturated carbocycles. The summed E-state index contributed by atoms with van der Waals surface area (Å²) in [5.41, 5.74) is 3.86. The smallest absolute Gasteiger partial charge is 0.309 e. The van der Waals surface area contributed by atoms with Gasteiger partial charge in [0.15, 0.2) is 0 Å². The predicted octanol–water partition coefficient (Wildman–Crippen LogP) is 2.58. The van der Waals surface area contributed by atoms with Gasteiger partial charge in [0, 0.05) is 0 Å². The fraction of sp³-hybridized carbons (Fsp3) is 0.462. The predicted molar refractivity (Wildman–Crippen MR) is 58.8 cm³/mol. The van der Waals surface area contributed by atoms with E-state index in [4.69, 9.17) is 4.74 Å². The van der Waals surface area contributed by atoms with Gasteiger partial charge in [-0.1, -0.05) is 23.8 Å². The van der Waals surface area contributed by atoms with E-state index in [2.05, 4.69) is 32.0 Å². The third-order valence-corrected chi connectivity index (χ3v) is 3.12. The first-order valence-corrected chi connectivity index (χ1v) is 5.28. The Labute approximate surface area is 90.3 Å². The maximum absolute atomic E-state index is 11.3. The Morgan fingerprint density at radius 2 is 2.13 bits per heavy atom. The normalized spacial score (nSPS) is 23.7. The van der Waals surface area contributed by atoms with Crippen LogP contribution in [-0.2, 0) is 9.53 Å². The molecule has 2 heteroatoms. The van der Waals surface area contributed by atoms with Crippen LogP contribution in [0, 0.1) is 19.8 Å². The van der Waals surface area contributed by atoms with E-state index in [1.54, 1.807) is 0 Å². The molecule has 1 fully saturated rings. The van der Waals surface area contributed by atoms with Crippen LogP contribution in [0.2, 0.25) is 0 Å². The van der Waals surface area contributed by atoms with Gasteiger partial charge in [0.1, 0.15) is 0 Å². The number of carbonyl (C=O) groups excluding carboxylic acids is 1. The minimum Gasteiger partial charge on any atom is -0.469 e. The van der Waals surface area contributed by atoms with Crippen LogP contribution >= 0.6 is 0 Å². The first kappa shape index (κ1) is 10.2. The highest BCUT2D eigenvalue weighted by atomic mass is 16.5. The lowest BCUT2D eigenvalue weighted by Gasteiger charge is -2.05. The summed E-state index contributed by atoms with van der Waals surface area (Å²) in [5, 5.41) is 0. The zero-order valence-electron chi connectivity index (χ0n) is 9.41. The van der Waals surface area contributed by atoms with E-state index in [1.165, 1.54) is 23.8 Å². The van der Waals surface area contributed by atoms with Gasteiger partial charge in [-0.25, -0.2) is 0 Å². The molecule has 1 aliphatic carbocycles. The molecule has 0 unspecified atom stereocenters. The number of aryl methyl sites for hydroxylation is 2. The van der Waals surface area contributed by atoms with Crippen molar-refractivity contribution < 1.29 is 9.53 Å². The van der Waals surface area contributed by atoms with E-state index in [9.17, 15) is 4.79 Å². The molecule has 0 spiro atoms. The summed E-state index contributed by atoms with van der Waals surface area (Å²) in [6.07, 6.45) is 0.941. The van der Waals surface area contributed by atoms with E-state index in [0.717, 1.165) is 6.42 Å². The first-order valence-electron chi connectivity index (χ1n) is 5.28. The molecule has 80 valence electrons. The van der Waals surface area contributed by atoms with Crippen LogP contribution in [0.1, 0.15) is 29.0 Å². The molecular weight excluding hydrogens is 188 g/mol. The second kappa shape index (κ2) is 3.69. The van der Waals surface area contributed by atoms with Gasteiger partial charge >= 0.3 is 5.97 Å². The second-order valence-corrected chi connectivity index (χ2v) is 4.33. The fourth-order valence-corrected chi connectivity index (χ4v) is 2.19. The summed E-state index contributed by atoms with van der Waals surface area (Å²) in [6, 6.07) is 6.41. The lowest BCUT2D eigenvalue weighted by Crippen LogP contribution is -2.04. The van der Waals surface area contributed by atoms with Crippen LogP contribution in [-0.4, -0.2) is 13.1 Å². The molecule has 0 N–H and O–H groups in total. The average molecular weight is 204 g/mol. The van der Waals surface area contributed by atoms with Crippen molar-refractivity contribution in [2.45, 2.75) is 26.2 Å². The zero-order valence-corrected chi connectivity index (χ0v) is 9.41. The highest BCUT2D eigenvalue weighted by molar-refractivity contribution is 5.77. The molecule has 0 saturated heterocycles. The molecule has 1 aromatic rings. The summed E-state index contributed by atoms with van der Waals surface area (Å²) >= 11 is 0. The van der Waals surface area contributed by atoms with Gasteiger partial charge in [-0.15, -0.1) is 0 Å². The topological polar surface area (TPSA) is 26.3 Å². The molecule has 0 aromatic heterocycles. The molecule has 1 aromatic carbocycles. The van der Waals surface area contributed by atoms with E-state index in [-0.39, 0.29) is 11.9 Å². The molecule has 2 atom stereocenters. The molecule has 2 rings (SSSR count). The molecule has 0 bridgehead atoms. The third-order valence-electron chi connectivity index (χ3n) is 3.12. The molecule has 15 heavy (non-hydrogen) atoms. The Morgan fingerprint density at radius 1 is 1.40 bits per heavy atom. The number of carbonyl (C=O) groups is 1. The number of ether oxygens (including phenoxy) is 1. The molecule has 2 nitrogen and oxygen atoms in total. The summed E-state index contributed by atoms with van der Waals surface area (Å²) in [7, 11) is 1.46. The maximum Gasteiger partial charge on any atom is 0.309 e. The van der Waals surface area contributed by atoms with E-state index in [1.807, 2.05) is 0 Å². The highest BCUT2D eigenvalue weighted by Gasteiger charge is 2.45. The third kappa shape index (κ3) is 1.89. The lowest BCUT2D eigenvalue weighted by molar-refractivity contribution is -0.142. The molecule has 0 heterocycles. The Morgan fingerprint density at radius 3 is 2.73 bits per heavy atom. The van der Waals surface area contributed by atoms with Gasteiger partial charge in [0.25, 0.3) is 0 Å². The van der Waals surface area contributed by atoms with Crippen molar-refractivity contribution in [2.75, 3.05) is 7.11 Å². The van der Waals surface area contributed by atoms with E-state index < -0.39 is 0 Å².